The van der Waals surface area contributed by atoms with Crippen molar-refractivity contribution >= 4 is 29.2 Å². The van der Waals surface area contributed by atoms with Gasteiger partial charge in [-0.1, -0.05) is 28.4 Å². The number of pyridine rings is 1. The van der Waals surface area contributed by atoms with Crippen LogP contribution in [-0.2, 0) is 17.9 Å². The average Bonchev–Trinajstić information content (AvgIpc) is 3.54. The fraction of sp³-hybridized carbons (Fsp3) is 0.556. The molecule has 0 atom stereocenters. The lowest BCUT2D eigenvalue weighted by Gasteiger charge is -2.52. The van der Waals surface area contributed by atoms with Crippen LogP contribution >= 0.6 is 23.2 Å². The van der Waals surface area contributed by atoms with Gasteiger partial charge in [0.1, 0.15) is 11.5 Å². The molecule has 202 valence electrons. The molecule has 4 saturated carbocycles. The Balaban J connectivity index is 1.14. The minimum absolute atomic E-state index is 0.00655. The van der Waals surface area contributed by atoms with Crippen LogP contribution in [0.3, 0.4) is 0 Å². The van der Waals surface area contributed by atoms with Crippen molar-refractivity contribution in [1.29, 1.82) is 0 Å². The number of halogens is 2. The molecular weight excluding hydrogens is 531 g/mol. The molecule has 0 amide bonds. The number of carbonyl (C=O) groups is 1. The molecule has 1 N–H and O–H groups in total. The largest absolute Gasteiger partial charge is 0.477 e. The number of hydrogen-bond acceptors (Lipinski definition) is 7. The Hall–Kier alpha value is -2.62. The summed E-state index contributed by atoms with van der Waals surface area (Å²) < 4.78 is 20.3. The summed E-state index contributed by atoms with van der Waals surface area (Å²) >= 11 is 12.9. The summed E-state index contributed by atoms with van der Waals surface area (Å²) in [7, 11) is 0. The molecule has 0 aliphatic heterocycles. The van der Waals surface area contributed by atoms with Gasteiger partial charge in [0.15, 0.2) is 5.69 Å². The van der Waals surface area contributed by atoms with Crippen molar-refractivity contribution in [1.82, 2.24) is 19.9 Å². The molecule has 9 nitrogen and oxygen atoms in total. The van der Waals surface area contributed by atoms with E-state index < -0.39 is 5.97 Å². The van der Waals surface area contributed by atoms with Crippen LogP contribution in [-0.4, -0.2) is 43.2 Å². The number of aryl methyl sites for hydroxylation is 1. The highest BCUT2D eigenvalue weighted by atomic mass is 35.5. The van der Waals surface area contributed by atoms with E-state index in [4.69, 9.17) is 37.2 Å². The number of hydrogen-bond donors (Lipinski definition) is 1. The topological polar surface area (TPSA) is 113 Å². The van der Waals surface area contributed by atoms with E-state index in [2.05, 4.69) is 15.2 Å². The highest BCUT2D eigenvalue weighted by molar-refractivity contribution is 6.38. The van der Waals surface area contributed by atoms with E-state index in [1.54, 1.807) is 17.1 Å². The Morgan fingerprint density at radius 1 is 1.16 bits per heavy atom. The van der Waals surface area contributed by atoms with E-state index in [1.807, 2.05) is 6.92 Å². The maximum atomic E-state index is 11.3. The summed E-state index contributed by atoms with van der Waals surface area (Å²) in [6.45, 7) is 3.42. The number of carboxylic acid groups (broad SMARTS) is 1. The van der Waals surface area contributed by atoms with Crippen molar-refractivity contribution in [2.24, 2.45) is 5.41 Å². The second-order valence-electron chi connectivity index (χ2n) is 10.9. The van der Waals surface area contributed by atoms with Crippen LogP contribution in [0.15, 0.2) is 23.0 Å². The Morgan fingerprint density at radius 3 is 2.45 bits per heavy atom. The molecule has 0 unspecified atom stereocenters. The average molecular weight is 561 g/mol. The summed E-state index contributed by atoms with van der Waals surface area (Å²) in [5, 5.41) is 18.6. The Kier molecular flexibility index (Phi) is 6.64. The molecule has 4 aliphatic rings. The lowest BCUT2D eigenvalue weighted by molar-refractivity contribution is -0.150. The number of carboxylic acids is 1. The number of rotatable bonds is 10. The number of aromatic carboxylic acids is 1. The Bertz CT molecular complexity index is 1320. The van der Waals surface area contributed by atoms with Gasteiger partial charge in [-0.05, 0) is 58.3 Å². The number of nitrogens with zero attached hydrogens (tertiary/aromatic N) is 4. The van der Waals surface area contributed by atoms with Gasteiger partial charge in [-0.15, -0.1) is 0 Å². The lowest BCUT2D eigenvalue weighted by atomic mass is 9.59. The first-order valence-electron chi connectivity index (χ1n) is 13.2. The first-order valence-corrected chi connectivity index (χ1v) is 13.9. The van der Waals surface area contributed by atoms with E-state index >= 15 is 0 Å². The normalized spacial score (nSPS) is 24.6. The molecule has 38 heavy (non-hydrogen) atoms. The standard InChI is InChI=1S/C27H30Cl2N4O5/c1-2-33-21(11-20(31-33)25(34)35)36-15-26-5-8-27(9-6-26,10-7-26)37-14-17-23(32-38-24(17)16-3-4-16)22-18(28)12-30-13-19(22)29/h11-13,16H,2-10,14-15H2,1H3,(H,34,35). The molecule has 3 aromatic heterocycles. The van der Waals surface area contributed by atoms with Crippen LogP contribution in [0.5, 0.6) is 5.88 Å². The van der Waals surface area contributed by atoms with Gasteiger partial charge in [-0.3, -0.25) is 4.98 Å². The van der Waals surface area contributed by atoms with E-state index in [9.17, 15) is 9.90 Å². The molecule has 0 radical (unpaired) electrons. The molecule has 2 bridgehead atoms. The molecule has 3 heterocycles. The van der Waals surface area contributed by atoms with Crippen LogP contribution in [0.25, 0.3) is 11.3 Å². The minimum Gasteiger partial charge on any atom is -0.477 e. The van der Waals surface area contributed by atoms with E-state index in [0.29, 0.717) is 52.9 Å². The quantitative estimate of drug-likeness (QED) is 0.298. The molecule has 4 aliphatic carbocycles. The van der Waals surface area contributed by atoms with Crippen molar-refractivity contribution in [3.63, 3.8) is 0 Å². The smallest absolute Gasteiger partial charge is 0.356 e. The molecule has 0 saturated heterocycles. The zero-order valence-corrected chi connectivity index (χ0v) is 22.7. The number of ether oxygens (including phenoxy) is 2. The molecule has 11 heteroatoms. The summed E-state index contributed by atoms with van der Waals surface area (Å²) in [5.41, 5.74) is 2.10. The zero-order chi connectivity index (χ0) is 26.5. The third kappa shape index (κ3) is 4.69. The fourth-order valence-electron chi connectivity index (χ4n) is 5.92. The molecule has 0 spiro atoms. The van der Waals surface area contributed by atoms with Crippen LogP contribution in [0.2, 0.25) is 10.0 Å². The molecular formula is C27H30Cl2N4O5. The number of fused-ring (bicyclic) bond motifs is 3. The summed E-state index contributed by atoms with van der Waals surface area (Å²) in [5.74, 6) is 0.709. The van der Waals surface area contributed by atoms with Crippen LogP contribution in [0.1, 0.15) is 86.0 Å². The van der Waals surface area contributed by atoms with Gasteiger partial charge in [0.2, 0.25) is 5.88 Å². The Morgan fingerprint density at radius 2 is 1.84 bits per heavy atom. The molecule has 3 aromatic rings. The summed E-state index contributed by atoms with van der Waals surface area (Å²) in [6, 6.07) is 1.51. The highest BCUT2D eigenvalue weighted by Crippen LogP contribution is 2.55. The third-order valence-electron chi connectivity index (χ3n) is 8.50. The SMILES string of the molecule is CCn1nc(C(=O)O)cc1OCC12CCC(OCc3c(-c4c(Cl)cncc4Cl)noc3C3CC3)(CC1)CC2. The molecule has 7 rings (SSSR count). The van der Waals surface area contributed by atoms with Crippen molar-refractivity contribution in [2.45, 2.75) is 83.0 Å². The van der Waals surface area contributed by atoms with E-state index in [0.717, 1.165) is 62.7 Å². The van der Waals surface area contributed by atoms with Gasteiger partial charge in [0, 0.05) is 47.5 Å². The zero-order valence-electron chi connectivity index (χ0n) is 21.2. The predicted molar refractivity (Wildman–Crippen MR) is 140 cm³/mol. The summed E-state index contributed by atoms with van der Waals surface area (Å²) in [4.78, 5) is 15.4. The van der Waals surface area contributed by atoms with Gasteiger partial charge in [-0.2, -0.15) is 5.10 Å². The van der Waals surface area contributed by atoms with E-state index in [1.165, 1.54) is 6.07 Å². The monoisotopic (exact) mass is 560 g/mol. The van der Waals surface area contributed by atoms with Gasteiger partial charge in [0.05, 0.1) is 28.9 Å². The van der Waals surface area contributed by atoms with Gasteiger partial charge in [-0.25, -0.2) is 9.48 Å². The second kappa shape index (κ2) is 9.84. The van der Waals surface area contributed by atoms with Gasteiger partial charge < -0.3 is 19.1 Å². The van der Waals surface area contributed by atoms with Gasteiger partial charge >= 0.3 is 5.97 Å². The molecule has 0 aromatic carbocycles. The van der Waals surface area contributed by atoms with Crippen molar-refractivity contribution < 1.29 is 23.9 Å². The van der Waals surface area contributed by atoms with Gasteiger partial charge in [0.25, 0.3) is 0 Å². The third-order valence-corrected chi connectivity index (χ3v) is 9.07. The fourth-order valence-corrected chi connectivity index (χ4v) is 6.47. The maximum Gasteiger partial charge on any atom is 0.356 e. The van der Waals surface area contributed by atoms with Crippen molar-refractivity contribution in [3.8, 4) is 17.1 Å². The maximum absolute atomic E-state index is 11.3. The Labute approximate surface area is 230 Å². The van der Waals surface area contributed by atoms with Crippen LogP contribution in [0.4, 0.5) is 0 Å². The van der Waals surface area contributed by atoms with E-state index in [-0.39, 0.29) is 16.7 Å². The first kappa shape index (κ1) is 25.6. The first-order chi connectivity index (χ1) is 18.3. The van der Waals surface area contributed by atoms with Crippen LogP contribution in [0, 0.1) is 5.41 Å². The molecule has 4 fully saturated rings. The predicted octanol–water partition coefficient (Wildman–Crippen LogP) is 6.52. The van der Waals surface area contributed by atoms with Crippen LogP contribution < -0.4 is 4.74 Å². The highest BCUT2D eigenvalue weighted by Gasteiger charge is 2.50. The second-order valence-corrected chi connectivity index (χ2v) is 11.7. The van der Waals surface area contributed by atoms with Crippen molar-refractivity contribution in [3.05, 3.63) is 45.5 Å². The lowest BCUT2D eigenvalue weighted by Crippen LogP contribution is -2.49. The van der Waals surface area contributed by atoms with Crippen molar-refractivity contribution in [2.75, 3.05) is 6.61 Å². The summed E-state index contributed by atoms with van der Waals surface area (Å²) in [6.07, 6.45) is 11.1. The minimum atomic E-state index is -1.05. The number of aromatic nitrogens is 4.